The Morgan fingerprint density at radius 3 is 3.06 bits per heavy atom. The predicted molar refractivity (Wildman–Crippen MR) is 70.4 cm³/mol. The molecule has 0 saturated heterocycles. The summed E-state index contributed by atoms with van der Waals surface area (Å²) >= 11 is 3.34. The monoisotopic (exact) mass is 256 g/mol. The van der Waals surface area contributed by atoms with E-state index in [0.717, 1.165) is 23.7 Å². The van der Waals surface area contributed by atoms with Crippen LogP contribution in [-0.2, 0) is 17.6 Å². The van der Waals surface area contributed by atoms with Gasteiger partial charge in [0.2, 0.25) is 5.91 Å². The summed E-state index contributed by atoms with van der Waals surface area (Å²) in [5.41, 5.74) is 1.21. The maximum atomic E-state index is 11.5. The Balaban J connectivity index is 1.94. The summed E-state index contributed by atoms with van der Waals surface area (Å²) in [6.45, 7) is 0. The Morgan fingerprint density at radius 1 is 1.50 bits per heavy atom. The van der Waals surface area contributed by atoms with Crippen LogP contribution < -0.4 is 5.32 Å². The van der Waals surface area contributed by atoms with Crippen molar-refractivity contribution in [1.29, 1.82) is 0 Å². The Kier molecular flexibility index (Phi) is 4.23. The molecule has 1 heterocycles. The minimum Gasteiger partial charge on any atom is -0.302 e. The number of nitrogens with one attached hydrogen (secondary N) is 1. The molecular weight excluding hydrogens is 240 g/mol. The summed E-state index contributed by atoms with van der Waals surface area (Å²) in [6, 6.07) is 0. The van der Waals surface area contributed by atoms with Crippen LogP contribution in [0.5, 0.6) is 0 Å². The lowest BCUT2D eigenvalue weighted by atomic mass is 10.0. The zero-order chi connectivity index (χ0) is 11.4. The van der Waals surface area contributed by atoms with E-state index in [4.69, 9.17) is 0 Å². The SMILES string of the molecule is CSCCC(=O)Nc1nc2c(s1)CCCC2. The number of carbonyl (C=O) groups is 1. The van der Waals surface area contributed by atoms with E-state index in [2.05, 4.69) is 10.3 Å². The van der Waals surface area contributed by atoms with E-state index in [9.17, 15) is 4.79 Å². The van der Waals surface area contributed by atoms with Crippen molar-refractivity contribution < 1.29 is 4.79 Å². The third-order valence-corrected chi connectivity index (χ3v) is 4.31. The predicted octanol–water partition coefficient (Wildman–Crippen LogP) is 2.71. The van der Waals surface area contributed by atoms with Gasteiger partial charge in [-0.25, -0.2) is 4.98 Å². The van der Waals surface area contributed by atoms with Crippen LogP contribution in [0.15, 0.2) is 0 Å². The Bertz CT molecular complexity index is 353. The molecule has 5 heteroatoms. The minimum absolute atomic E-state index is 0.0837. The van der Waals surface area contributed by atoms with E-state index in [0.29, 0.717) is 6.42 Å². The molecule has 88 valence electrons. The first-order valence-electron chi connectivity index (χ1n) is 5.57. The molecule has 16 heavy (non-hydrogen) atoms. The first-order valence-corrected chi connectivity index (χ1v) is 7.78. The molecule has 0 atom stereocenters. The summed E-state index contributed by atoms with van der Waals surface area (Å²) in [5, 5.41) is 3.68. The van der Waals surface area contributed by atoms with Crippen LogP contribution >= 0.6 is 23.1 Å². The molecule has 0 spiro atoms. The molecule has 1 N–H and O–H groups in total. The third kappa shape index (κ3) is 2.98. The number of amides is 1. The lowest BCUT2D eigenvalue weighted by Gasteiger charge is -2.06. The van der Waals surface area contributed by atoms with Gasteiger partial charge in [-0.2, -0.15) is 11.8 Å². The normalized spacial score (nSPS) is 14.6. The first-order chi connectivity index (χ1) is 7.79. The fourth-order valence-electron chi connectivity index (χ4n) is 1.78. The third-order valence-electron chi connectivity index (χ3n) is 2.63. The second-order valence-electron chi connectivity index (χ2n) is 3.89. The number of hydrogen-bond acceptors (Lipinski definition) is 4. The molecule has 0 saturated carbocycles. The molecule has 2 rings (SSSR count). The van der Waals surface area contributed by atoms with Crippen LogP contribution in [0.4, 0.5) is 5.13 Å². The number of rotatable bonds is 4. The highest BCUT2D eigenvalue weighted by Gasteiger charge is 2.15. The quantitative estimate of drug-likeness (QED) is 0.900. The highest BCUT2D eigenvalue weighted by molar-refractivity contribution is 7.98. The molecule has 0 aromatic carbocycles. The van der Waals surface area contributed by atoms with E-state index in [-0.39, 0.29) is 5.91 Å². The van der Waals surface area contributed by atoms with Crippen molar-refractivity contribution in [1.82, 2.24) is 4.98 Å². The molecule has 3 nitrogen and oxygen atoms in total. The molecule has 0 aliphatic heterocycles. The highest BCUT2D eigenvalue weighted by Crippen LogP contribution is 2.29. The van der Waals surface area contributed by atoms with E-state index in [1.54, 1.807) is 23.1 Å². The Labute approximate surface area is 104 Å². The molecule has 1 aromatic heterocycles. The van der Waals surface area contributed by atoms with Crippen LogP contribution in [-0.4, -0.2) is 22.9 Å². The number of hydrogen-bond donors (Lipinski definition) is 1. The number of thiazole rings is 1. The molecule has 1 amide bonds. The van der Waals surface area contributed by atoms with Gasteiger partial charge in [-0.05, 0) is 31.9 Å². The maximum Gasteiger partial charge on any atom is 0.226 e. The van der Waals surface area contributed by atoms with Crippen molar-refractivity contribution in [3.05, 3.63) is 10.6 Å². The van der Waals surface area contributed by atoms with Gasteiger partial charge in [-0.15, -0.1) is 11.3 Å². The van der Waals surface area contributed by atoms with Crippen molar-refractivity contribution in [3.8, 4) is 0 Å². The number of nitrogens with zero attached hydrogens (tertiary/aromatic N) is 1. The van der Waals surface area contributed by atoms with Crippen molar-refractivity contribution >= 4 is 34.1 Å². The largest absolute Gasteiger partial charge is 0.302 e. The van der Waals surface area contributed by atoms with Gasteiger partial charge >= 0.3 is 0 Å². The fourth-order valence-corrected chi connectivity index (χ4v) is 3.24. The van der Waals surface area contributed by atoms with Crippen molar-refractivity contribution in [2.24, 2.45) is 0 Å². The smallest absolute Gasteiger partial charge is 0.226 e. The standard InChI is InChI=1S/C11H16N2OS2/c1-15-7-6-10(14)13-11-12-8-4-2-3-5-9(8)16-11/h2-7H2,1H3,(H,12,13,14). The molecule has 1 aromatic rings. The Hall–Kier alpha value is -0.550. The molecular formula is C11H16N2OS2. The number of aromatic nitrogens is 1. The summed E-state index contributed by atoms with van der Waals surface area (Å²) in [6.07, 6.45) is 7.28. The van der Waals surface area contributed by atoms with Gasteiger partial charge in [-0.1, -0.05) is 0 Å². The Morgan fingerprint density at radius 2 is 2.31 bits per heavy atom. The molecule has 0 radical (unpaired) electrons. The van der Waals surface area contributed by atoms with Crippen LogP contribution in [0.25, 0.3) is 0 Å². The fraction of sp³-hybridized carbons (Fsp3) is 0.636. The number of carbonyl (C=O) groups excluding carboxylic acids is 1. The average molecular weight is 256 g/mol. The van der Waals surface area contributed by atoms with E-state index < -0.39 is 0 Å². The van der Waals surface area contributed by atoms with Gasteiger partial charge in [-0.3, -0.25) is 4.79 Å². The molecule has 1 aliphatic carbocycles. The summed E-state index contributed by atoms with van der Waals surface area (Å²) in [7, 11) is 0. The minimum atomic E-state index is 0.0837. The van der Waals surface area contributed by atoms with Crippen LogP contribution in [0.3, 0.4) is 0 Å². The molecule has 0 fully saturated rings. The molecule has 1 aliphatic rings. The molecule has 0 bridgehead atoms. The van der Waals surface area contributed by atoms with Crippen molar-refractivity contribution in [2.45, 2.75) is 32.1 Å². The zero-order valence-corrected chi connectivity index (χ0v) is 11.0. The van der Waals surface area contributed by atoms with Gasteiger partial charge in [0.25, 0.3) is 0 Å². The van der Waals surface area contributed by atoms with E-state index in [1.165, 1.54) is 23.4 Å². The second-order valence-corrected chi connectivity index (χ2v) is 5.96. The summed E-state index contributed by atoms with van der Waals surface area (Å²) < 4.78 is 0. The van der Waals surface area contributed by atoms with Gasteiger partial charge < -0.3 is 5.32 Å². The first kappa shape index (κ1) is 11.9. The van der Waals surface area contributed by atoms with E-state index >= 15 is 0 Å². The van der Waals surface area contributed by atoms with E-state index in [1.807, 2.05) is 6.26 Å². The van der Waals surface area contributed by atoms with Gasteiger partial charge in [0.05, 0.1) is 5.69 Å². The topological polar surface area (TPSA) is 42.0 Å². The lowest BCUT2D eigenvalue weighted by molar-refractivity contribution is -0.115. The van der Waals surface area contributed by atoms with Crippen molar-refractivity contribution in [2.75, 3.05) is 17.3 Å². The van der Waals surface area contributed by atoms with Crippen LogP contribution in [0.1, 0.15) is 29.8 Å². The van der Waals surface area contributed by atoms with Gasteiger partial charge in [0, 0.05) is 17.1 Å². The number of aryl methyl sites for hydroxylation is 2. The number of thioether (sulfide) groups is 1. The van der Waals surface area contributed by atoms with Crippen LogP contribution in [0, 0.1) is 0 Å². The lowest BCUT2D eigenvalue weighted by Crippen LogP contribution is -2.11. The summed E-state index contributed by atoms with van der Waals surface area (Å²) in [5.74, 6) is 0.956. The highest BCUT2D eigenvalue weighted by atomic mass is 32.2. The van der Waals surface area contributed by atoms with Gasteiger partial charge in [0.1, 0.15) is 0 Å². The second kappa shape index (κ2) is 5.68. The average Bonchev–Trinajstić information content (AvgIpc) is 2.68. The van der Waals surface area contributed by atoms with Crippen molar-refractivity contribution in [3.63, 3.8) is 0 Å². The number of fused-ring (bicyclic) bond motifs is 1. The maximum absolute atomic E-state index is 11.5. The van der Waals surface area contributed by atoms with Gasteiger partial charge in [0.15, 0.2) is 5.13 Å². The van der Waals surface area contributed by atoms with Crippen LogP contribution in [0.2, 0.25) is 0 Å². The molecule has 0 unspecified atom stereocenters. The zero-order valence-electron chi connectivity index (χ0n) is 9.41. The summed E-state index contributed by atoms with van der Waals surface area (Å²) in [4.78, 5) is 17.4. The number of anilines is 1.